The van der Waals surface area contributed by atoms with Crippen LogP contribution >= 0.6 is 11.3 Å². The van der Waals surface area contributed by atoms with E-state index in [9.17, 15) is 48.3 Å². The lowest BCUT2D eigenvalue weighted by Crippen LogP contribution is -2.19. The van der Waals surface area contributed by atoms with Gasteiger partial charge >= 0.3 is 12.4 Å². The summed E-state index contributed by atoms with van der Waals surface area (Å²) < 4.78 is 162. The Kier molecular flexibility index (Phi) is 6.25. The van der Waals surface area contributed by atoms with Gasteiger partial charge in [0.2, 0.25) is 5.82 Å². The highest BCUT2D eigenvalue weighted by molar-refractivity contribution is 7.26. The second-order valence-corrected chi connectivity index (χ2v) is 11.2. The fourth-order valence-corrected chi connectivity index (χ4v) is 7.05. The fourth-order valence-electron chi connectivity index (χ4n) is 5.79. The maximum absolute atomic E-state index is 14.7. The number of fused-ring (bicyclic) bond motifs is 7. The van der Waals surface area contributed by atoms with E-state index in [1.165, 1.54) is 29.5 Å². The van der Waals surface area contributed by atoms with E-state index in [1.54, 1.807) is 30.3 Å². The standard InChI is InChI=1S/C32H12F11NS/c33-24-22(25(34)27(36)28(37)26(24)35)13-11-17(31(38,39)40)29(18(12-13)32(41,42)43)44-19-7-3-1-6-16(19)23-20(44)10-9-15-14-5-2-4-8-21(14)45-30(15)23/h1-12H. The summed E-state index contributed by atoms with van der Waals surface area (Å²) in [6, 6.07) is 16.0. The van der Waals surface area contributed by atoms with Crippen LogP contribution in [-0.2, 0) is 12.4 Å². The van der Waals surface area contributed by atoms with E-state index in [2.05, 4.69) is 0 Å². The van der Waals surface area contributed by atoms with Crippen LogP contribution in [0.2, 0.25) is 0 Å². The Balaban J connectivity index is 1.67. The first-order valence-corrected chi connectivity index (χ1v) is 13.7. The molecule has 0 saturated heterocycles. The van der Waals surface area contributed by atoms with Crippen molar-refractivity contribution in [1.82, 2.24) is 4.57 Å². The Labute approximate surface area is 248 Å². The van der Waals surface area contributed by atoms with Gasteiger partial charge in [-0.25, -0.2) is 22.0 Å². The summed E-state index contributed by atoms with van der Waals surface area (Å²) in [6.07, 6.45) is -11.2. The van der Waals surface area contributed by atoms with E-state index < -0.39 is 69.4 Å². The molecular weight excluding hydrogens is 639 g/mol. The van der Waals surface area contributed by atoms with Gasteiger partial charge in [0, 0.05) is 30.9 Å². The lowest BCUT2D eigenvalue weighted by Gasteiger charge is -2.23. The third kappa shape index (κ3) is 4.20. The average molecular weight is 652 g/mol. The van der Waals surface area contributed by atoms with Crippen LogP contribution in [0.5, 0.6) is 0 Å². The summed E-state index contributed by atoms with van der Waals surface area (Å²) in [5.41, 5.74) is -8.94. The van der Waals surface area contributed by atoms with Crippen LogP contribution in [-0.4, -0.2) is 4.57 Å². The smallest absolute Gasteiger partial charge is 0.308 e. The zero-order valence-electron chi connectivity index (χ0n) is 21.9. The summed E-state index contributed by atoms with van der Waals surface area (Å²) in [7, 11) is 0. The molecule has 0 unspecified atom stereocenters. The van der Waals surface area contributed by atoms with Crippen LogP contribution in [0.3, 0.4) is 0 Å². The Morgan fingerprint density at radius 3 is 1.67 bits per heavy atom. The molecule has 5 aromatic carbocycles. The average Bonchev–Trinajstić information content (AvgIpc) is 3.53. The van der Waals surface area contributed by atoms with Crippen LogP contribution in [0.15, 0.2) is 72.8 Å². The van der Waals surface area contributed by atoms with Gasteiger partial charge in [-0.1, -0.05) is 42.5 Å². The van der Waals surface area contributed by atoms with Gasteiger partial charge in [0.05, 0.1) is 33.4 Å². The predicted octanol–water partition coefficient (Wildman–Crippen LogP) is 11.6. The van der Waals surface area contributed by atoms with Crippen molar-refractivity contribution in [3.05, 3.63) is 113 Å². The number of hydrogen-bond donors (Lipinski definition) is 0. The van der Waals surface area contributed by atoms with Crippen molar-refractivity contribution in [1.29, 1.82) is 0 Å². The number of para-hydroxylation sites is 1. The maximum atomic E-state index is 14.7. The van der Waals surface area contributed by atoms with E-state index in [1.807, 2.05) is 12.1 Å². The minimum absolute atomic E-state index is 0.0322. The molecule has 1 nitrogen and oxygen atoms in total. The number of thiophene rings is 1. The van der Waals surface area contributed by atoms with Crippen molar-refractivity contribution in [2.45, 2.75) is 12.4 Å². The highest BCUT2D eigenvalue weighted by atomic mass is 32.1. The van der Waals surface area contributed by atoms with Gasteiger partial charge in [-0.15, -0.1) is 11.3 Å². The topological polar surface area (TPSA) is 4.93 Å². The molecule has 228 valence electrons. The Bertz CT molecular complexity index is 2300. The number of aromatic nitrogens is 1. The van der Waals surface area contributed by atoms with E-state index in [-0.39, 0.29) is 23.2 Å². The molecule has 0 N–H and O–H groups in total. The molecule has 0 aliphatic carbocycles. The van der Waals surface area contributed by atoms with Crippen molar-refractivity contribution >= 4 is 53.3 Å². The SMILES string of the molecule is Fc1c(F)c(F)c(-c2cc(C(F)(F)F)c(-n3c4ccccc4c4c5sc6ccccc6c5ccc43)c(C(F)(F)F)c2)c(F)c1F. The molecule has 0 radical (unpaired) electrons. The molecule has 7 rings (SSSR count). The highest BCUT2D eigenvalue weighted by Gasteiger charge is 2.44. The molecule has 7 aromatic rings. The van der Waals surface area contributed by atoms with E-state index in [0.29, 0.717) is 15.5 Å². The Hall–Kier alpha value is -4.65. The van der Waals surface area contributed by atoms with Crippen LogP contribution in [0.4, 0.5) is 48.3 Å². The molecule has 0 amide bonds. The number of benzene rings is 5. The Morgan fingerprint density at radius 2 is 1.07 bits per heavy atom. The first-order chi connectivity index (χ1) is 21.2. The van der Waals surface area contributed by atoms with Crippen molar-refractivity contribution in [3.8, 4) is 16.8 Å². The largest absolute Gasteiger partial charge is 0.418 e. The molecule has 0 saturated carbocycles. The third-order valence-electron chi connectivity index (χ3n) is 7.62. The van der Waals surface area contributed by atoms with Gasteiger partial charge in [-0.05, 0) is 35.9 Å². The normalized spacial score (nSPS) is 12.8. The second kappa shape index (κ2) is 9.67. The summed E-state index contributed by atoms with van der Waals surface area (Å²) >= 11 is 1.30. The van der Waals surface area contributed by atoms with Crippen LogP contribution in [0.1, 0.15) is 11.1 Å². The van der Waals surface area contributed by atoms with Gasteiger partial charge < -0.3 is 4.57 Å². The van der Waals surface area contributed by atoms with Crippen molar-refractivity contribution < 1.29 is 48.3 Å². The summed E-state index contributed by atoms with van der Waals surface area (Å²) in [6.45, 7) is 0. The van der Waals surface area contributed by atoms with Gasteiger partial charge in [0.1, 0.15) is 0 Å². The van der Waals surface area contributed by atoms with E-state index in [4.69, 9.17) is 0 Å². The molecular formula is C32H12F11NS. The molecule has 0 spiro atoms. The van der Waals surface area contributed by atoms with Crippen molar-refractivity contribution in [3.63, 3.8) is 0 Å². The molecule has 2 heterocycles. The van der Waals surface area contributed by atoms with Gasteiger partial charge in [0.25, 0.3) is 0 Å². The van der Waals surface area contributed by atoms with Crippen LogP contribution < -0.4 is 0 Å². The summed E-state index contributed by atoms with van der Waals surface area (Å²) in [5.74, 6) is -12.8. The predicted molar refractivity (Wildman–Crippen MR) is 149 cm³/mol. The highest BCUT2D eigenvalue weighted by Crippen LogP contribution is 2.49. The molecule has 0 atom stereocenters. The first kappa shape index (κ1) is 29.1. The van der Waals surface area contributed by atoms with Crippen LogP contribution in [0, 0.1) is 29.1 Å². The molecule has 2 aromatic heterocycles. The van der Waals surface area contributed by atoms with Crippen LogP contribution in [0.25, 0.3) is 58.8 Å². The lowest BCUT2D eigenvalue weighted by atomic mass is 9.95. The molecule has 0 aliphatic heterocycles. The molecule has 0 fully saturated rings. The number of rotatable bonds is 2. The number of alkyl halides is 6. The second-order valence-electron chi connectivity index (χ2n) is 10.1. The number of hydrogen-bond acceptors (Lipinski definition) is 1. The summed E-state index contributed by atoms with van der Waals surface area (Å²) in [5, 5.41) is 2.25. The minimum atomic E-state index is -5.59. The van der Waals surface area contributed by atoms with Crippen molar-refractivity contribution in [2.75, 3.05) is 0 Å². The Morgan fingerprint density at radius 1 is 0.533 bits per heavy atom. The lowest BCUT2D eigenvalue weighted by molar-refractivity contribution is -0.142. The number of halogens is 11. The molecule has 13 heteroatoms. The third-order valence-corrected chi connectivity index (χ3v) is 8.83. The van der Waals surface area contributed by atoms with E-state index >= 15 is 0 Å². The molecule has 0 aliphatic rings. The molecule has 45 heavy (non-hydrogen) atoms. The monoisotopic (exact) mass is 651 g/mol. The van der Waals surface area contributed by atoms with E-state index in [0.717, 1.165) is 20.0 Å². The maximum Gasteiger partial charge on any atom is 0.418 e. The number of nitrogens with zero attached hydrogens (tertiary/aromatic N) is 1. The quantitative estimate of drug-likeness (QED) is 0.0996. The molecule has 0 bridgehead atoms. The zero-order chi connectivity index (χ0) is 32.2. The van der Waals surface area contributed by atoms with Gasteiger partial charge in [0.15, 0.2) is 23.3 Å². The van der Waals surface area contributed by atoms with Gasteiger partial charge in [-0.3, -0.25) is 0 Å². The fraction of sp³-hybridized carbons (Fsp3) is 0.0625. The minimum Gasteiger partial charge on any atom is -0.308 e. The van der Waals surface area contributed by atoms with Gasteiger partial charge in [-0.2, -0.15) is 26.3 Å². The first-order valence-electron chi connectivity index (χ1n) is 12.9. The zero-order valence-corrected chi connectivity index (χ0v) is 22.8. The van der Waals surface area contributed by atoms with Crippen molar-refractivity contribution in [2.24, 2.45) is 0 Å². The summed E-state index contributed by atoms with van der Waals surface area (Å²) in [4.78, 5) is 0.